The molecule has 2 aliphatic rings. The van der Waals surface area contributed by atoms with Gasteiger partial charge in [0.2, 0.25) is 0 Å². The van der Waals surface area contributed by atoms with Crippen molar-refractivity contribution < 1.29 is 0 Å². The second-order valence-electron chi connectivity index (χ2n) is 17.0. The van der Waals surface area contributed by atoms with E-state index in [1.807, 2.05) is 41.3 Å². The van der Waals surface area contributed by atoms with Crippen LogP contribution in [0.25, 0.3) is 98.1 Å². The van der Waals surface area contributed by atoms with Crippen LogP contribution in [0.2, 0.25) is 0 Å². The van der Waals surface area contributed by atoms with Crippen molar-refractivity contribution in [3.05, 3.63) is 235 Å². The minimum absolute atomic E-state index is 0.456. The lowest BCUT2D eigenvalue weighted by Gasteiger charge is -2.40. The molecule has 14 rings (SSSR count). The maximum atomic E-state index is 5.45. The zero-order valence-corrected chi connectivity index (χ0v) is 36.5. The molecule has 4 heterocycles. The highest BCUT2D eigenvalue weighted by Crippen LogP contribution is 2.63. The molecule has 0 amide bonds. The van der Waals surface area contributed by atoms with Gasteiger partial charge < -0.3 is 0 Å². The summed E-state index contributed by atoms with van der Waals surface area (Å²) in [5.41, 5.74) is 15.4. The SMILES string of the molecule is c1ccc(-c2nc(-c3ccc(-c4nc5ccccc5c5c6c(ccc45)C4(c5ccccc5S6)c5ccccc5-c5ccccc54)cc3)cc(-c3cccc4c3sc3ccccc34)n2)cc1. The normalized spacial score (nSPS) is 13.3. The fourth-order valence-electron chi connectivity index (χ4n) is 10.8. The summed E-state index contributed by atoms with van der Waals surface area (Å²) in [5, 5.41) is 6.08. The van der Waals surface area contributed by atoms with E-state index in [0.717, 1.165) is 55.6 Å². The van der Waals surface area contributed by atoms with Crippen LogP contribution in [0.3, 0.4) is 0 Å². The van der Waals surface area contributed by atoms with Crippen LogP contribution in [0, 0.1) is 0 Å². The molecule has 1 spiro atoms. The first-order chi connectivity index (χ1) is 32.2. The maximum absolute atomic E-state index is 5.45. The topological polar surface area (TPSA) is 38.7 Å². The summed E-state index contributed by atoms with van der Waals surface area (Å²) in [6, 6.07) is 77.0. The Hall–Kier alpha value is -7.70. The number of thiophene rings is 1. The average molecular weight is 862 g/mol. The first-order valence-electron chi connectivity index (χ1n) is 22.0. The Labute approximate surface area is 383 Å². The van der Waals surface area contributed by atoms with Crippen molar-refractivity contribution in [3.8, 4) is 56.3 Å². The van der Waals surface area contributed by atoms with E-state index in [1.54, 1.807) is 0 Å². The Morgan fingerprint density at radius 3 is 1.83 bits per heavy atom. The van der Waals surface area contributed by atoms with E-state index in [4.69, 9.17) is 15.0 Å². The van der Waals surface area contributed by atoms with E-state index >= 15 is 0 Å². The molecule has 0 unspecified atom stereocenters. The number of pyridine rings is 1. The molecule has 0 saturated carbocycles. The Morgan fingerprint density at radius 1 is 0.385 bits per heavy atom. The highest BCUT2D eigenvalue weighted by Gasteiger charge is 2.50. The molecule has 0 N–H and O–H groups in total. The van der Waals surface area contributed by atoms with Crippen molar-refractivity contribution in [1.82, 2.24) is 15.0 Å². The van der Waals surface area contributed by atoms with Crippen molar-refractivity contribution in [2.24, 2.45) is 0 Å². The predicted molar refractivity (Wildman–Crippen MR) is 271 cm³/mol. The molecule has 1 aliphatic heterocycles. The van der Waals surface area contributed by atoms with Crippen LogP contribution in [-0.2, 0) is 5.41 Å². The summed E-state index contributed by atoms with van der Waals surface area (Å²) in [7, 11) is 0. The van der Waals surface area contributed by atoms with Crippen molar-refractivity contribution in [1.29, 1.82) is 0 Å². The minimum Gasteiger partial charge on any atom is -0.247 e. The van der Waals surface area contributed by atoms with Gasteiger partial charge in [-0.25, -0.2) is 15.0 Å². The van der Waals surface area contributed by atoms with Gasteiger partial charge in [-0.1, -0.05) is 200 Å². The summed E-state index contributed by atoms with van der Waals surface area (Å²) in [6.07, 6.45) is 0. The van der Waals surface area contributed by atoms with E-state index in [2.05, 4.69) is 194 Å². The third-order valence-corrected chi connectivity index (χ3v) is 16.0. The van der Waals surface area contributed by atoms with Gasteiger partial charge in [-0.05, 0) is 57.6 Å². The highest BCUT2D eigenvalue weighted by molar-refractivity contribution is 7.99. The van der Waals surface area contributed by atoms with Gasteiger partial charge >= 0.3 is 0 Å². The van der Waals surface area contributed by atoms with Gasteiger partial charge in [0.15, 0.2) is 5.82 Å². The molecule has 1 aliphatic carbocycles. The first kappa shape index (κ1) is 36.8. The van der Waals surface area contributed by atoms with Gasteiger partial charge in [-0.3, -0.25) is 0 Å². The molecule has 0 bridgehead atoms. The molecular formula is C60H35N3S2. The lowest BCUT2D eigenvalue weighted by molar-refractivity contribution is 0.726. The van der Waals surface area contributed by atoms with Gasteiger partial charge in [0.1, 0.15) is 0 Å². The quantitative estimate of drug-likeness (QED) is 0.165. The summed E-state index contributed by atoms with van der Waals surface area (Å²) in [5.74, 6) is 0.705. The van der Waals surface area contributed by atoms with Crippen LogP contribution in [0.1, 0.15) is 22.3 Å². The minimum atomic E-state index is -0.456. The number of hydrogen-bond acceptors (Lipinski definition) is 5. The van der Waals surface area contributed by atoms with Crippen LogP contribution in [-0.4, -0.2) is 15.0 Å². The summed E-state index contributed by atoms with van der Waals surface area (Å²) < 4.78 is 2.51. The third kappa shape index (κ3) is 5.34. The number of aromatic nitrogens is 3. The molecule has 5 heteroatoms. The van der Waals surface area contributed by atoms with Crippen LogP contribution in [0.4, 0.5) is 0 Å². The number of hydrogen-bond donors (Lipinski definition) is 0. The van der Waals surface area contributed by atoms with E-state index in [9.17, 15) is 0 Å². The number of nitrogens with zero attached hydrogens (tertiary/aromatic N) is 3. The lowest BCUT2D eigenvalue weighted by atomic mass is 9.67. The van der Waals surface area contributed by atoms with E-state index in [0.29, 0.717) is 5.82 Å². The fraction of sp³-hybridized carbons (Fsp3) is 0.0167. The average Bonchev–Trinajstić information content (AvgIpc) is 3.90. The molecule has 3 aromatic heterocycles. The van der Waals surface area contributed by atoms with E-state index < -0.39 is 5.41 Å². The van der Waals surface area contributed by atoms with Crippen LogP contribution in [0.5, 0.6) is 0 Å². The molecule has 65 heavy (non-hydrogen) atoms. The lowest BCUT2D eigenvalue weighted by Crippen LogP contribution is -2.32. The molecule has 0 radical (unpaired) electrons. The molecule has 0 fully saturated rings. The van der Waals surface area contributed by atoms with Gasteiger partial charge in [0.25, 0.3) is 0 Å². The molecule has 3 nitrogen and oxygen atoms in total. The van der Waals surface area contributed by atoms with Crippen LogP contribution >= 0.6 is 23.1 Å². The molecular weight excluding hydrogens is 827 g/mol. The zero-order valence-electron chi connectivity index (χ0n) is 34.9. The Morgan fingerprint density at radius 2 is 1.02 bits per heavy atom. The van der Waals surface area contributed by atoms with Gasteiger partial charge in [0, 0.05) is 68.4 Å². The number of fused-ring (bicyclic) bond motifs is 16. The number of benzene rings is 9. The number of rotatable bonds is 4. The summed E-state index contributed by atoms with van der Waals surface area (Å²) in [6.45, 7) is 0. The second kappa shape index (κ2) is 14.2. The van der Waals surface area contributed by atoms with E-state index in [-0.39, 0.29) is 0 Å². The molecule has 12 aromatic rings. The van der Waals surface area contributed by atoms with Crippen LogP contribution in [0.15, 0.2) is 222 Å². The Bertz CT molecular complexity index is 3880. The monoisotopic (exact) mass is 861 g/mol. The summed E-state index contributed by atoms with van der Waals surface area (Å²) >= 11 is 3.72. The molecule has 0 saturated heterocycles. The zero-order chi connectivity index (χ0) is 42.6. The van der Waals surface area contributed by atoms with Crippen molar-refractivity contribution in [2.45, 2.75) is 15.2 Å². The fourth-order valence-corrected chi connectivity index (χ4v) is 13.3. The van der Waals surface area contributed by atoms with Crippen molar-refractivity contribution >= 4 is 64.9 Å². The van der Waals surface area contributed by atoms with Gasteiger partial charge in [-0.2, -0.15) is 0 Å². The van der Waals surface area contributed by atoms with Gasteiger partial charge in [-0.15, -0.1) is 11.3 Å². The highest BCUT2D eigenvalue weighted by atomic mass is 32.2. The van der Waals surface area contributed by atoms with Crippen LogP contribution < -0.4 is 0 Å². The first-order valence-corrected chi connectivity index (χ1v) is 23.6. The summed E-state index contributed by atoms with van der Waals surface area (Å²) in [4.78, 5) is 18.5. The van der Waals surface area contributed by atoms with Crippen molar-refractivity contribution in [3.63, 3.8) is 0 Å². The molecule has 9 aromatic carbocycles. The Balaban J connectivity index is 0.955. The van der Waals surface area contributed by atoms with Crippen molar-refractivity contribution in [2.75, 3.05) is 0 Å². The Kier molecular flexibility index (Phi) is 8.00. The molecule has 302 valence electrons. The third-order valence-electron chi connectivity index (χ3n) is 13.6. The maximum Gasteiger partial charge on any atom is 0.160 e. The molecule has 0 atom stereocenters. The smallest absolute Gasteiger partial charge is 0.160 e. The second-order valence-corrected chi connectivity index (χ2v) is 19.1. The standard InChI is InChI=1S/C60H35N3S2/c1-2-15-38(16-3-1)59-62-51(35-52(63-59)44-22-14-21-42-41-19-7-12-27-53(41)64-57(42)44)36-29-31-37(32-30-36)56-45-33-34-49-58(55(45)43-20-6-11-26-50(43)61-56)65-54-28-13-10-25-48(54)60(49)46-23-8-4-17-39(46)40-18-5-9-24-47(40)60/h1-35H. The van der Waals surface area contributed by atoms with E-state index in [1.165, 1.54) is 68.7 Å². The van der Waals surface area contributed by atoms with Gasteiger partial charge in [0.05, 0.1) is 28.0 Å². The number of para-hydroxylation sites is 1. The predicted octanol–water partition coefficient (Wildman–Crippen LogP) is 16.0. The largest absolute Gasteiger partial charge is 0.247 e.